The van der Waals surface area contributed by atoms with Crippen molar-refractivity contribution in [3.05, 3.63) is 29.8 Å². The lowest BCUT2D eigenvalue weighted by atomic mass is 10.0. The number of phenols is 1. The van der Waals surface area contributed by atoms with E-state index in [1.807, 2.05) is 19.2 Å². The van der Waals surface area contributed by atoms with Crippen LogP contribution in [-0.4, -0.2) is 18.2 Å². The molecule has 2 N–H and O–H groups in total. The normalized spacial score (nSPS) is 12.6. The molecule has 0 aliphatic carbocycles. The van der Waals surface area contributed by atoms with Crippen LogP contribution in [-0.2, 0) is 6.42 Å². The van der Waals surface area contributed by atoms with Gasteiger partial charge in [0, 0.05) is 6.04 Å². The maximum atomic E-state index is 9.17. The van der Waals surface area contributed by atoms with E-state index in [0.717, 1.165) is 6.42 Å². The summed E-state index contributed by atoms with van der Waals surface area (Å²) in [7, 11) is 2.04. The fraction of sp³-hybridized carbons (Fsp3) is 0.571. The molecule has 1 atom stereocenters. The topological polar surface area (TPSA) is 32.3 Å². The molecule has 0 fully saturated rings. The van der Waals surface area contributed by atoms with E-state index in [2.05, 4.69) is 12.2 Å². The van der Waals surface area contributed by atoms with Crippen LogP contribution in [0.1, 0.15) is 38.2 Å². The molecule has 1 unspecified atom stereocenters. The Labute approximate surface area is 98.7 Å². The molecule has 0 bridgehead atoms. The molecule has 0 saturated carbocycles. The minimum Gasteiger partial charge on any atom is -0.508 e. The van der Waals surface area contributed by atoms with Crippen molar-refractivity contribution in [1.82, 2.24) is 5.32 Å². The smallest absolute Gasteiger partial charge is 0.115 e. The predicted molar refractivity (Wildman–Crippen MR) is 68.8 cm³/mol. The fourth-order valence-electron chi connectivity index (χ4n) is 2.00. The van der Waals surface area contributed by atoms with Gasteiger partial charge in [-0.05, 0) is 50.4 Å². The zero-order valence-electron chi connectivity index (χ0n) is 10.4. The first-order valence-electron chi connectivity index (χ1n) is 6.21. The van der Waals surface area contributed by atoms with Gasteiger partial charge in [-0.2, -0.15) is 0 Å². The first-order valence-corrected chi connectivity index (χ1v) is 6.21. The fourth-order valence-corrected chi connectivity index (χ4v) is 2.00. The van der Waals surface area contributed by atoms with Crippen LogP contribution in [0.2, 0.25) is 0 Å². The van der Waals surface area contributed by atoms with Crippen molar-refractivity contribution in [1.29, 1.82) is 0 Å². The molecule has 16 heavy (non-hydrogen) atoms. The molecular weight excluding hydrogens is 198 g/mol. The van der Waals surface area contributed by atoms with E-state index >= 15 is 0 Å². The Hall–Kier alpha value is -1.02. The molecule has 0 aromatic heterocycles. The third kappa shape index (κ3) is 4.67. The number of aromatic hydroxyl groups is 1. The van der Waals surface area contributed by atoms with Gasteiger partial charge in [0.15, 0.2) is 0 Å². The van der Waals surface area contributed by atoms with E-state index in [9.17, 15) is 0 Å². The Morgan fingerprint density at radius 3 is 2.44 bits per heavy atom. The Morgan fingerprint density at radius 1 is 1.19 bits per heavy atom. The van der Waals surface area contributed by atoms with E-state index in [4.69, 9.17) is 5.11 Å². The van der Waals surface area contributed by atoms with E-state index in [-0.39, 0.29) is 0 Å². The molecule has 0 heterocycles. The highest BCUT2D eigenvalue weighted by molar-refractivity contribution is 5.25. The molecule has 1 aromatic carbocycles. The summed E-state index contributed by atoms with van der Waals surface area (Å²) in [4.78, 5) is 0. The van der Waals surface area contributed by atoms with Crippen LogP contribution < -0.4 is 5.32 Å². The zero-order chi connectivity index (χ0) is 11.8. The van der Waals surface area contributed by atoms with Gasteiger partial charge in [-0.3, -0.25) is 0 Å². The largest absolute Gasteiger partial charge is 0.508 e. The lowest BCUT2D eigenvalue weighted by Crippen LogP contribution is -2.24. The molecular formula is C14H23NO. The van der Waals surface area contributed by atoms with Gasteiger partial charge in [0.2, 0.25) is 0 Å². The molecule has 0 saturated heterocycles. The molecule has 2 heteroatoms. The molecule has 0 aliphatic heterocycles. The minimum atomic E-state index is 0.350. The molecule has 1 rings (SSSR count). The summed E-state index contributed by atoms with van der Waals surface area (Å²) in [6.45, 7) is 2.23. The van der Waals surface area contributed by atoms with E-state index in [1.165, 1.54) is 31.2 Å². The van der Waals surface area contributed by atoms with Crippen molar-refractivity contribution < 1.29 is 5.11 Å². The summed E-state index contributed by atoms with van der Waals surface area (Å²) < 4.78 is 0. The van der Waals surface area contributed by atoms with Gasteiger partial charge in [-0.1, -0.05) is 25.5 Å². The van der Waals surface area contributed by atoms with Crippen molar-refractivity contribution in [2.24, 2.45) is 0 Å². The first-order chi connectivity index (χ1) is 7.76. The summed E-state index contributed by atoms with van der Waals surface area (Å²) in [6, 6.07) is 8.18. The quantitative estimate of drug-likeness (QED) is 0.741. The van der Waals surface area contributed by atoms with Crippen LogP contribution in [0.25, 0.3) is 0 Å². The SMILES string of the molecule is CCCC(CCCc1ccc(O)cc1)NC. The molecule has 0 amide bonds. The highest BCUT2D eigenvalue weighted by Gasteiger charge is 2.04. The van der Waals surface area contributed by atoms with Crippen LogP contribution in [0, 0.1) is 0 Å². The maximum Gasteiger partial charge on any atom is 0.115 e. The van der Waals surface area contributed by atoms with Crippen LogP contribution >= 0.6 is 0 Å². The van der Waals surface area contributed by atoms with E-state index in [0.29, 0.717) is 11.8 Å². The summed E-state index contributed by atoms with van der Waals surface area (Å²) in [5.74, 6) is 0.350. The molecule has 1 aromatic rings. The number of rotatable bonds is 7. The van der Waals surface area contributed by atoms with Crippen LogP contribution in [0.4, 0.5) is 0 Å². The van der Waals surface area contributed by atoms with Gasteiger partial charge in [0.25, 0.3) is 0 Å². The lowest BCUT2D eigenvalue weighted by molar-refractivity contribution is 0.468. The second kappa shape index (κ2) is 7.29. The van der Waals surface area contributed by atoms with Gasteiger partial charge in [-0.15, -0.1) is 0 Å². The first kappa shape index (κ1) is 13.0. The van der Waals surface area contributed by atoms with Crippen LogP contribution in [0.15, 0.2) is 24.3 Å². The standard InChI is InChI=1S/C14H23NO/c1-3-5-13(15-2)7-4-6-12-8-10-14(16)11-9-12/h8-11,13,15-16H,3-7H2,1-2H3. The summed E-state index contributed by atoms with van der Waals surface area (Å²) in [5.41, 5.74) is 1.31. The number of aryl methyl sites for hydroxylation is 1. The Morgan fingerprint density at radius 2 is 1.88 bits per heavy atom. The second-order valence-electron chi connectivity index (χ2n) is 4.33. The van der Waals surface area contributed by atoms with Gasteiger partial charge < -0.3 is 10.4 Å². The number of hydrogen-bond acceptors (Lipinski definition) is 2. The van der Waals surface area contributed by atoms with Gasteiger partial charge >= 0.3 is 0 Å². The maximum absolute atomic E-state index is 9.17. The third-order valence-corrected chi connectivity index (χ3v) is 3.00. The van der Waals surface area contributed by atoms with E-state index < -0.39 is 0 Å². The third-order valence-electron chi connectivity index (χ3n) is 3.00. The van der Waals surface area contributed by atoms with Crippen molar-refractivity contribution in [3.63, 3.8) is 0 Å². The number of phenolic OH excluding ortho intramolecular Hbond substituents is 1. The van der Waals surface area contributed by atoms with Gasteiger partial charge in [0.05, 0.1) is 0 Å². The average Bonchev–Trinajstić information content (AvgIpc) is 2.30. The Bertz CT molecular complexity index is 281. The number of nitrogens with one attached hydrogen (secondary N) is 1. The average molecular weight is 221 g/mol. The Balaban J connectivity index is 2.26. The minimum absolute atomic E-state index is 0.350. The van der Waals surface area contributed by atoms with Crippen molar-refractivity contribution in [2.75, 3.05) is 7.05 Å². The van der Waals surface area contributed by atoms with Gasteiger partial charge in [-0.25, -0.2) is 0 Å². The molecule has 0 radical (unpaired) electrons. The summed E-state index contributed by atoms with van der Waals surface area (Å²) in [5, 5.41) is 12.5. The van der Waals surface area contributed by atoms with Crippen LogP contribution in [0.5, 0.6) is 5.75 Å². The highest BCUT2D eigenvalue weighted by atomic mass is 16.3. The molecule has 0 aliphatic rings. The second-order valence-corrected chi connectivity index (χ2v) is 4.33. The summed E-state index contributed by atoms with van der Waals surface area (Å²) >= 11 is 0. The Kier molecular flexibility index (Phi) is 5.94. The highest BCUT2D eigenvalue weighted by Crippen LogP contribution is 2.13. The monoisotopic (exact) mass is 221 g/mol. The predicted octanol–water partition coefficient (Wildman–Crippen LogP) is 3.10. The summed E-state index contributed by atoms with van der Waals surface area (Å²) in [6.07, 6.45) is 6.03. The molecule has 90 valence electrons. The van der Waals surface area contributed by atoms with Crippen molar-refractivity contribution in [2.45, 2.75) is 45.1 Å². The number of benzene rings is 1. The van der Waals surface area contributed by atoms with E-state index in [1.54, 1.807) is 12.1 Å². The molecule has 2 nitrogen and oxygen atoms in total. The van der Waals surface area contributed by atoms with Crippen molar-refractivity contribution in [3.8, 4) is 5.75 Å². The number of hydrogen-bond donors (Lipinski definition) is 2. The lowest BCUT2D eigenvalue weighted by Gasteiger charge is -2.14. The zero-order valence-corrected chi connectivity index (χ0v) is 10.4. The van der Waals surface area contributed by atoms with Crippen molar-refractivity contribution >= 4 is 0 Å². The molecule has 0 spiro atoms. The van der Waals surface area contributed by atoms with Crippen LogP contribution in [0.3, 0.4) is 0 Å². The van der Waals surface area contributed by atoms with Gasteiger partial charge in [0.1, 0.15) is 5.75 Å².